The molecule has 1 rings (SSSR count). The van der Waals surface area contributed by atoms with E-state index in [1.54, 1.807) is 0 Å². The van der Waals surface area contributed by atoms with Gasteiger partial charge in [-0.3, -0.25) is 4.79 Å². The molecule has 2 N–H and O–H groups in total. The molecule has 1 aliphatic heterocycles. The van der Waals surface area contributed by atoms with Crippen LogP contribution in [0.4, 0.5) is 0 Å². The van der Waals surface area contributed by atoms with Crippen LogP contribution in [0.3, 0.4) is 0 Å². The molecule has 1 atom stereocenters. The molecule has 1 saturated heterocycles. The van der Waals surface area contributed by atoms with Gasteiger partial charge in [0, 0.05) is 25.6 Å². The highest BCUT2D eigenvalue weighted by Gasteiger charge is 2.16. The van der Waals surface area contributed by atoms with E-state index in [1.807, 2.05) is 14.1 Å². The zero-order valence-electron chi connectivity index (χ0n) is 10.3. The van der Waals surface area contributed by atoms with Crippen LogP contribution in [0.5, 0.6) is 0 Å². The third-order valence-corrected chi connectivity index (χ3v) is 2.53. The zero-order valence-corrected chi connectivity index (χ0v) is 10.3. The molecule has 94 valence electrons. The van der Waals surface area contributed by atoms with Gasteiger partial charge in [-0.05, 0) is 27.1 Å². The van der Waals surface area contributed by atoms with Crippen LogP contribution in [0.2, 0.25) is 0 Å². The Bertz CT molecular complexity index is 203. The number of hydrogen-bond donors (Lipinski definition) is 2. The van der Waals surface area contributed by atoms with E-state index in [0.29, 0.717) is 13.0 Å². The fourth-order valence-electron chi connectivity index (χ4n) is 1.67. The van der Waals surface area contributed by atoms with Gasteiger partial charge < -0.3 is 20.3 Å². The maximum absolute atomic E-state index is 11.5. The minimum Gasteiger partial charge on any atom is -0.378 e. The SMILES string of the molecule is CN(C)CCCNC(=O)CC1COCCN1. The van der Waals surface area contributed by atoms with E-state index in [0.717, 1.165) is 32.7 Å². The van der Waals surface area contributed by atoms with E-state index in [-0.39, 0.29) is 11.9 Å². The Balaban J connectivity index is 2.01. The van der Waals surface area contributed by atoms with Crippen LogP contribution in [0, 0.1) is 0 Å². The van der Waals surface area contributed by atoms with Crippen LogP contribution < -0.4 is 10.6 Å². The Labute approximate surface area is 97.5 Å². The van der Waals surface area contributed by atoms with Crippen molar-refractivity contribution in [1.29, 1.82) is 0 Å². The number of hydrogen-bond acceptors (Lipinski definition) is 4. The lowest BCUT2D eigenvalue weighted by molar-refractivity contribution is -0.122. The highest BCUT2D eigenvalue weighted by Crippen LogP contribution is 1.98. The van der Waals surface area contributed by atoms with Gasteiger partial charge in [-0.2, -0.15) is 0 Å². The highest BCUT2D eigenvalue weighted by atomic mass is 16.5. The molecular weight excluding hydrogens is 206 g/mol. The summed E-state index contributed by atoms with van der Waals surface area (Å²) >= 11 is 0. The maximum atomic E-state index is 11.5. The number of ether oxygens (including phenoxy) is 1. The fraction of sp³-hybridized carbons (Fsp3) is 0.909. The predicted molar refractivity (Wildman–Crippen MR) is 63.4 cm³/mol. The number of carbonyl (C=O) groups is 1. The molecular formula is C11H23N3O2. The van der Waals surface area contributed by atoms with E-state index in [4.69, 9.17) is 4.74 Å². The van der Waals surface area contributed by atoms with E-state index < -0.39 is 0 Å². The Kier molecular flexibility index (Phi) is 6.37. The van der Waals surface area contributed by atoms with Crippen LogP contribution in [-0.4, -0.2) is 63.8 Å². The molecule has 0 saturated carbocycles. The van der Waals surface area contributed by atoms with Gasteiger partial charge in [0.15, 0.2) is 0 Å². The molecule has 0 aromatic heterocycles. The lowest BCUT2D eigenvalue weighted by Gasteiger charge is -2.23. The predicted octanol–water partition coefficient (Wildman–Crippen LogP) is -0.567. The van der Waals surface area contributed by atoms with Crippen molar-refractivity contribution in [2.75, 3.05) is 46.9 Å². The minimum absolute atomic E-state index is 0.113. The molecule has 1 aliphatic rings. The number of rotatable bonds is 6. The monoisotopic (exact) mass is 229 g/mol. The van der Waals surface area contributed by atoms with Gasteiger partial charge in [-0.1, -0.05) is 0 Å². The van der Waals surface area contributed by atoms with Gasteiger partial charge in [0.05, 0.1) is 13.2 Å². The van der Waals surface area contributed by atoms with Crippen molar-refractivity contribution >= 4 is 5.91 Å². The van der Waals surface area contributed by atoms with Crippen LogP contribution in [0.25, 0.3) is 0 Å². The normalized spacial score (nSPS) is 21.1. The lowest BCUT2D eigenvalue weighted by atomic mass is 10.2. The molecule has 0 aliphatic carbocycles. The van der Waals surface area contributed by atoms with Crippen molar-refractivity contribution in [1.82, 2.24) is 15.5 Å². The summed E-state index contributed by atoms with van der Waals surface area (Å²) in [7, 11) is 4.07. The second-order valence-corrected chi connectivity index (χ2v) is 4.44. The first-order valence-corrected chi connectivity index (χ1v) is 5.91. The maximum Gasteiger partial charge on any atom is 0.221 e. The summed E-state index contributed by atoms with van der Waals surface area (Å²) in [5.74, 6) is 0.113. The first-order valence-electron chi connectivity index (χ1n) is 5.91. The van der Waals surface area contributed by atoms with Gasteiger partial charge in [0.25, 0.3) is 0 Å². The van der Waals surface area contributed by atoms with Crippen LogP contribution in [0.1, 0.15) is 12.8 Å². The summed E-state index contributed by atoms with van der Waals surface area (Å²) in [5, 5.41) is 6.19. The first-order chi connectivity index (χ1) is 7.68. The van der Waals surface area contributed by atoms with Crippen molar-refractivity contribution in [2.45, 2.75) is 18.9 Å². The summed E-state index contributed by atoms with van der Waals surface area (Å²) in [5.41, 5.74) is 0. The molecule has 1 unspecified atom stereocenters. The first kappa shape index (κ1) is 13.4. The summed E-state index contributed by atoms with van der Waals surface area (Å²) in [6.07, 6.45) is 1.51. The smallest absolute Gasteiger partial charge is 0.221 e. The van der Waals surface area contributed by atoms with Crippen molar-refractivity contribution < 1.29 is 9.53 Å². The lowest BCUT2D eigenvalue weighted by Crippen LogP contribution is -2.44. The number of nitrogens with zero attached hydrogens (tertiary/aromatic N) is 1. The third kappa shape index (κ3) is 6.05. The third-order valence-electron chi connectivity index (χ3n) is 2.53. The Morgan fingerprint density at radius 2 is 2.38 bits per heavy atom. The van der Waals surface area contributed by atoms with Crippen LogP contribution in [0.15, 0.2) is 0 Å². The topological polar surface area (TPSA) is 53.6 Å². The largest absolute Gasteiger partial charge is 0.378 e. The summed E-state index contributed by atoms with van der Waals surface area (Å²) in [6.45, 7) is 4.00. The zero-order chi connectivity index (χ0) is 11.8. The van der Waals surface area contributed by atoms with E-state index in [2.05, 4.69) is 15.5 Å². The van der Waals surface area contributed by atoms with E-state index in [9.17, 15) is 4.79 Å². The second-order valence-electron chi connectivity index (χ2n) is 4.44. The van der Waals surface area contributed by atoms with E-state index in [1.165, 1.54) is 0 Å². The molecule has 0 aromatic carbocycles. The van der Waals surface area contributed by atoms with Crippen molar-refractivity contribution in [3.63, 3.8) is 0 Å². The molecule has 0 aromatic rings. The fourth-order valence-corrected chi connectivity index (χ4v) is 1.67. The van der Waals surface area contributed by atoms with Gasteiger partial charge in [-0.25, -0.2) is 0 Å². The standard InChI is InChI=1S/C11H23N3O2/c1-14(2)6-3-4-13-11(15)8-10-9-16-7-5-12-10/h10,12H,3-9H2,1-2H3,(H,13,15). The van der Waals surface area contributed by atoms with Gasteiger partial charge in [-0.15, -0.1) is 0 Å². The number of nitrogens with one attached hydrogen (secondary N) is 2. The Morgan fingerprint density at radius 3 is 3.00 bits per heavy atom. The second kappa shape index (κ2) is 7.60. The molecule has 1 heterocycles. The van der Waals surface area contributed by atoms with Crippen molar-refractivity contribution in [3.05, 3.63) is 0 Å². The molecule has 1 amide bonds. The average Bonchev–Trinajstić information content (AvgIpc) is 2.25. The average molecular weight is 229 g/mol. The van der Waals surface area contributed by atoms with Crippen molar-refractivity contribution in [3.8, 4) is 0 Å². The quantitative estimate of drug-likeness (QED) is 0.599. The summed E-state index contributed by atoms with van der Waals surface area (Å²) in [6, 6.07) is 0.183. The van der Waals surface area contributed by atoms with Crippen LogP contribution in [-0.2, 0) is 9.53 Å². The molecule has 5 heteroatoms. The minimum atomic E-state index is 0.113. The van der Waals surface area contributed by atoms with Gasteiger partial charge >= 0.3 is 0 Å². The molecule has 5 nitrogen and oxygen atoms in total. The number of amides is 1. The molecule has 0 radical (unpaired) electrons. The molecule has 0 spiro atoms. The Hall–Kier alpha value is -0.650. The number of carbonyl (C=O) groups excluding carboxylic acids is 1. The van der Waals surface area contributed by atoms with Crippen molar-refractivity contribution in [2.24, 2.45) is 0 Å². The summed E-state index contributed by atoms with van der Waals surface area (Å²) < 4.78 is 5.29. The van der Waals surface area contributed by atoms with Gasteiger partial charge in [0.2, 0.25) is 5.91 Å². The Morgan fingerprint density at radius 1 is 1.56 bits per heavy atom. The molecule has 0 bridgehead atoms. The highest BCUT2D eigenvalue weighted by molar-refractivity contribution is 5.76. The van der Waals surface area contributed by atoms with Crippen LogP contribution >= 0.6 is 0 Å². The molecule has 1 fully saturated rings. The molecule has 16 heavy (non-hydrogen) atoms. The van der Waals surface area contributed by atoms with E-state index >= 15 is 0 Å². The number of morpholine rings is 1. The summed E-state index contributed by atoms with van der Waals surface area (Å²) in [4.78, 5) is 13.6. The van der Waals surface area contributed by atoms with Gasteiger partial charge in [0.1, 0.15) is 0 Å².